The minimum absolute atomic E-state index is 0.783. The number of hydrogen-bond acceptors (Lipinski definition) is 1. The number of methoxy groups -OCH3 is 1. The van der Waals surface area contributed by atoms with Crippen molar-refractivity contribution in [1.29, 1.82) is 0 Å². The molecular weight excluding hydrogens is 230 g/mol. The van der Waals surface area contributed by atoms with Gasteiger partial charge in [-0.05, 0) is 40.3 Å². The fraction of sp³-hybridized carbons (Fsp3) is 0.600. The van der Waals surface area contributed by atoms with Gasteiger partial charge in [0.25, 0.3) is 0 Å². The third-order valence-corrected chi connectivity index (χ3v) is 3.09. The molecule has 13 heavy (non-hydrogen) atoms. The molecule has 2 rings (SSSR count). The van der Waals surface area contributed by atoms with Gasteiger partial charge in [-0.15, -0.1) is 0 Å². The molecule has 1 aliphatic carbocycles. The number of nitrogens with zero attached hydrogens (tertiary/aromatic N) is 1. The van der Waals surface area contributed by atoms with Gasteiger partial charge in [0, 0.05) is 30.5 Å². The molecule has 72 valence electrons. The van der Waals surface area contributed by atoms with Crippen LogP contribution in [-0.2, 0) is 11.3 Å². The van der Waals surface area contributed by atoms with Crippen molar-refractivity contribution in [2.75, 3.05) is 13.7 Å². The van der Waals surface area contributed by atoms with Gasteiger partial charge >= 0.3 is 0 Å². The molecule has 3 heteroatoms. The van der Waals surface area contributed by atoms with Crippen LogP contribution in [-0.4, -0.2) is 18.3 Å². The summed E-state index contributed by atoms with van der Waals surface area (Å²) < 4.78 is 8.49. The Bertz CT molecular complexity index is 291. The fourth-order valence-electron chi connectivity index (χ4n) is 1.52. The lowest BCUT2D eigenvalue weighted by Crippen LogP contribution is -2.00. The topological polar surface area (TPSA) is 14.2 Å². The van der Waals surface area contributed by atoms with E-state index in [0.29, 0.717) is 0 Å². The van der Waals surface area contributed by atoms with Gasteiger partial charge in [-0.1, -0.05) is 0 Å². The van der Waals surface area contributed by atoms with Crippen molar-refractivity contribution in [3.8, 4) is 0 Å². The maximum atomic E-state index is 5.03. The zero-order valence-electron chi connectivity index (χ0n) is 7.79. The SMILES string of the molecule is COCCn1cc(Br)c(C2CC2)c1. The molecular formula is C10H14BrNO. The van der Waals surface area contributed by atoms with Crippen LogP contribution in [0.3, 0.4) is 0 Å². The van der Waals surface area contributed by atoms with Crippen molar-refractivity contribution in [3.05, 3.63) is 22.4 Å². The van der Waals surface area contributed by atoms with E-state index in [2.05, 4.69) is 32.9 Å². The van der Waals surface area contributed by atoms with Crippen molar-refractivity contribution in [2.24, 2.45) is 0 Å². The zero-order chi connectivity index (χ0) is 9.26. The third kappa shape index (κ3) is 2.15. The van der Waals surface area contributed by atoms with E-state index < -0.39 is 0 Å². The summed E-state index contributed by atoms with van der Waals surface area (Å²) in [5.74, 6) is 0.818. The third-order valence-electron chi connectivity index (χ3n) is 2.43. The number of halogens is 1. The smallest absolute Gasteiger partial charge is 0.0641 e. The Morgan fingerprint density at radius 3 is 2.92 bits per heavy atom. The molecule has 0 aromatic carbocycles. The van der Waals surface area contributed by atoms with Crippen molar-refractivity contribution in [3.63, 3.8) is 0 Å². The predicted molar refractivity (Wildman–Crippen MR) is 56.0 cm³/mol. The molecule has 0 unspecified atom stereocenters. The van der Waals surface area contributed by atoms with Crippen LogP contribution in [0, 0.1) is 0 Å². The fourth-order valence-corrected chi connectivity index (χ4v) is 2.21. The molecule has 1 fully saturated rings. The lowest BCUT2D eigenvalue weighted by molar-refractivity contribution is 0.187. The van der Waals surface area contributed by atoms with E-state index in [1.54, 1.807) is 7.11 Å². The number of aromatic nitrogens is 1. The summed E-state index contributed by atoms with van der Waals surface area (Å²) in [5, 5.41) is 0. The summed E-state index contributed by atoms with van der Waals surface area (Å²) in [5.41, 5.74) is 1.47. The molecule has 1 aliphatic rings. The Balaban J connectivity index is 2.05. The first kappa shape index (κ1) is 9.28. The molecule has 1 saturated carbocycles. The van der Waals surface area contributed by atoms with E-state index in [9.17, 15) is 0 Å². The van der Waals surface area contributed by atoms with E-state index in [-0.39, 0.29) is 0 Å². The van der Waals surface area contributed by atoms with Gasteiger partial charge < -0.3 is 9.30 Å². The number of hydrogen-bond donors (Lipinski definition) is 0. The highest BCUT2D eigenvalue weighted by molar-refractivity contribution is 9.10. The van der Waals surface area contributed by atoms with Gasteiger partial charge in [-0.25, -0.2) is 0 Å². The van der Waals surface area contributed by atoms with Crippen LogP contribution in [0.4, 0.5) is 0 Å². The molecule has 0 bridgehead atoms. The number of rotatable bonds is 4. The van der Waals surface area contributed by atoms with Crippen LogP contribution in [0.15, 0.2) is 16.9 Å². The molecule has 2 nitrogen and oxygen atoms in total. The van der Waals surface area contributed by atoms with Gasteiger partial charge in [0.2, 0.25) is 0 Å². The average Bonchev–Trinajstić information content (AvgIpc) is 2.88. The van der Waals surface area contributed by atoms with Crippen LogP contribution in [0.5, 0.6) is 0 Å². The van der Waals surface area contributed by atoms with Crippen molar-refractivity contribution in [2.45, 2.75) is 25.3 Å². The molecule has 0 saturated heterocycles. The first-order valence-electron chi connectivity index (χ1n) is 4.65. The van der Waals surface area contributed by atoms with Gasteiger partial charge in [-0.3, -0.25) is 0 Å². The van der Waals surface area contributed by atoms with Crippen LogP contribution in [0.1, 0.15) is 24.3 Å². The van der Waals surface area contributed by atoms with Crippen molar-refractivity contribution in [1.82, 2.24) is 4.57 Å². The Labute approximate surface area is 87.0 Å². The summed E-state index contributed by atoms with van der Waals surface area (Å²) in [7, 11) is 1.74. The van der Waals surface area contributed by atoms with Gasteiger partial charge in [0.05, 0.1) is 6.61 Å². The molecule has 0 atom stereocenters. The number of ether oxygens (including phenoxy) is 1. The maximum Gasteiger partial charge on any atom is 0.0641 e. The average molecular weight is 244 g/mol. The molecule has 0 aliphatic heterocycles. The highest BCUT2D eigenvalue weighted by Gasteiger charge is 2.26. The molecule has 0 spiro atoms. The lowest BCUT2D eigenvalue weighted by Gasteiger charge is -1.99. The summed E-state index contributed by atoms with van der Waals surface area (Å²) in [4.78, 5) is 0. The summed E-state index contributed by atoms with van der Waals surface area (Å²) in [6, 6.07) is 0. The van der Waals surface area contributed by atoms with E-state index in [1.807, 2.05) is 0 Å². The Morgan fingerprint density at radius 2 is 2.31 bits per heavy atom. The first-order chi connectivity index (χ1) is 6.31. The summed E-state index contributed by atoms with van der Waals surface area (Å²) in [6.45, 7) is 1.73. The molecule has 1 aromatic rings. The minimum atomic E-state index is 0.783. The summed E-state index contributed by atoms with van der Waals surface area (Å²) in [6.07, 6.45) is 7.09. The second kappa shape index (κ2) is 3.84. The van der Waals surface area contributed by atoms with E-state index in [0.717, 1.165) is 19.1 Å². The van der Waals surface area contributed by atoms with Gasteiger partial charge in [0.1, 0.15) is 0 Å². The van der Waals surface area contributed by atoms with Gasteiger partial charge in [0.15, 0.2) is 0 Å². The molecule has 1 aromatic heterocycles. The van der Waals surface area contributed by atoms with Crippen molar-refractivity contribution < 1.29 is 4.74 Å². The van der Waals surface area contributed by atoms with E-state index >= 15 is 0 Å². The molecule has 0 radical (unpaired) electrons. The Morgan fingerprint density at radius 1 is 1.54 bits per heavy atom. The maximum absolute atomic E-state index is 5.03. The van der Waals surface area contributed by atoms with Gasteiger partial charge in [-0.2, -0.15) is 0 Å². The van der Waals surface area contributed by atoms with Crippen LogP contribution < -0.4 is 0 Å². The molecule has 0 amide bonds. The molecule has 1 heterocycles. The first-order valence-corrected chi connectivity index (χ1v) is 5.44. The van der Waals surface area contributed by atoms with Crippen LogP contribution in [0.25, 0.3) is 0 Å². The normalized spacial score (nSPS) is 16.5. The van der Waals surface area contributed by atoms with Crippen molar-refractivity contribution >= 4 is 15.9 Å². The second-order valence-electron chi connectivity index (χ2n) is 3.57. The standard InChI is InChI=1S/C10H14BrNO/c1-13-5-4-12-6-9(8-2-3-8)10(11)7-12/h6-8H,2-5H2,1H3. The largest absolute Gasteiger partial charge is 0.383 e. The van der Waals surface area contributed by atoms with Crippen LogP contribution >= 0.6 is 15.9 Å². The van der Waals surface area contributed by atoms with E-state index in [4.69, 9.17) is 4.74 Å². The van der Waals surface area contributed by atoms with E-state index in [1.165, 1.54) is 22.9 Å². The Hall–Kier alpha value is -0.280. The highest BCUT2D eigenvalue weighted by Crippen LogP contribution is 2.43. The highest BCUT2D eigenvalue weighted by atomic mass is 79.9. The monoisotopic (exact) mass is 243 g/mol. The minimum Gasteiger partial charge on any atom is -0.383 e. The Kier molecular flexibility index (Phi) is 2.74. The molecule has 0 N–H and O–H groups in total. The quantitative estimate of drug-likeness (QED) is 0.794. The second-order valence-corrected chi connectivity index (χ2v) is 4.42. The lowest BCUT2D eigenvalue weighted by atomic mass is 10.2. The predicted octanol–water partition coefficient (Wildman–Crippen LogP) is 2.77. The summed E-state index contributed by atoms with van der Waals surface area (Å²) >= 11 is 3.59. The van der Waals surface area contributed by atoms with Crippen LogP contribution in [0.2, 0.25) is 0 Å². The zero-order valence-corrected chi connectivity index (χ0v) is 9.38.